The first-order valence-corrected chi connectivity index (χ1v) is 21.9. The van der Waals surface area contributed by atoms with E-state index in [1.807, 2.05) is 0 Å². The van der Waals surface area contributed by atoms with Gasteiger partial charge < -0.3 is 15.5 Å². The maximum absolute atomic E-state index is 12.6. The van der Waals surface area contributed by atoms with Crippen LogP contribution in [0.3, 0.4) is 0 Å². The molecule has 5 heteroatoms. The first-order valence-electron chi connectivity index (χ1n) is 21.9. The highest BCUT2D eigenvalue weighted by Crippen LogP contribution is 2.27. The van der Waals surface area contributed by atoms with Gasteiger partial charge in [-0.1, -0.05) is 194 Å². The van der Waals surface area contributed by atoms with Crippen LogP contribution in [0.5, 0.6) is 0 Å². The summed E-state index contributed by atoms with van der Waals surface area (Å²) in [6.45, 7) is 8.73. The first kappa shape index (κ1) is 44.9. The first-order chi connectivity index (χ1) is 23.7. The lowest BCUT2D eigenvalue weighted by Gasteiger charge is -2.23. The van der Waals surface area contributed by atoms with E-state index in [2.05, 4.69) is 29.4 Å². The van der Waals surface area contributed by atoms with Gasteiger partial charge in [0.1, 0.15) is 0 Å². The number of nitrogens with zero attached hydrogens (tertiary/aromatic N) is 1. The summed E-state index contributed by atoms with van der Waals surface area (Å²) in [5.74, 6) is 1.18. The molecule has 1 saturated carbocycles. The van der Waals surface area contributed by atoms with Crippen molar-refractivity contribution in [3.05, 3.63) is 0 Å². The number of hydrogen-bond acceptors (Lipinski definition) is 3. The van der Waals surface area contributed by atoms with Crippen LogP contribution in [0.15, 0.2) is 0 Å². The molecule has 0 aromatic heterocycles. The Morgan fingerprint density at radius 2 is 0.771 bits per heavy atom. The third-order valence-corrected chi connectivity index (χ3v) is 10.8. The zero-order valence-electron chi connectivity index (χ0n) is 32.7. The van der Waals surface area contributed by atoms with E-state index < -0.39 is 0 Å². The molecule has 5 nitrogen and oxygen atoms in total. The maximum atomic E-state index is 12.6. The highest BCUT2D eigenvalue weighted by molar-refractivity contribution is 5.76. The van der Waals surface area contributed by atoms with Gasteiger partial charge in [-0.15, -0.1) is 0 Å². The molecule has 0 radical (unpaired) electrons. The van der Waals surface area contributed by atoms with Gasteiger partial charge in [-0.05, 0) is 31.7 Å². The summed E-state index contributed by atoms with van der Waals surface area (Å²) in [6.07, 6.45) is 42.8. The zero-order valence-corrected chi connectivity index (χ0v) is 32.7. The Labute approximate surface area is 300 Å². The van der Waals surface area contributed by atoms with Gasteiger partial charge >= 0.3 is 0 Å². The lowest BCUT2D eigenvalue weighted by Crippen LogP contribution is -2.35. The Morgan fingerprint density at radius 1 is 0.458 bits per heavy atom. The third kappa shape index (κ3) is 30.9. The van der Waals surface area contributed by atoms with Gasteiger partial charge in [0.05, 0.1) is 0 Å². The van der Waals surface area contributed by atoms with E-state index in [-0.39, 0.29) is 11.8 Å². The normalized spacial score (nSPS) is 13.5. The number of carbonyl (C=O) groups excluding carboxylic acids is 2. The largest absolute Gasteiger partial charge is 0.356 e. The van der Waals surface area contributed by atoms with Crippen molar-refractivity contribution in [2.24, 2.45) is 5.92 Å². The van der Waals surface area contributed by atoms with Crippen LogP contribution in [0.4, 0.5) is 0 Å². The highest BCUT2D eigenvalue weighted by Gasteiger charge is 2.17. The van der Waals surface area contributed by atoms with Crippen molar-refractivity contribution in [1.29, 1.82) is 0 Å². The quantitative estimate of drug-likeness (QED) is 0.0644. The van der Waals surface area contributed by atoms with Crippen molar-refractivity contribution in [2.75, 3.05) is 32.7 Å². The molecule has 0 unspecified atom stereocenters. The molecule has 0 spiro atoms. The van der Waals surface area contributed by atoms with Gasteiger partial charge in [-0.25, -0.2) is 0 Å². The molecule has 2 amide bonds. The van der Waals surface area contributed by atoms with Gasteiger partial charge in [-0.3, -0.25) is 9.59 Å². The van der Waals surface area contributed by atoms with Crippen molar-refractivity contribution in [2.45, 2.75) is 226 Å². The molecule has 1 rings (SSSR count). The van der Waals surface area contributed by atoms with E-state index in [0.717, 1.165) is 51.5 Å². The lowest BCUT2D eigenvalue weighted by atomic mass is 10.0. The Kier molecular flexibility index (Phi) is 33.4. The number of rotatable bonds is 37. The molecule has 1 aliphatic carbocycles. The summed E-state index contributed by atoms with van der Waals surface area (Å²) in [4.78, 5) is 27.6. The van der Waals surface area contributed by atoms with Gasteiger partial charge in [0.15, 0.2) is 0 Å². The third-order valence-electron chi connectivity index (χ3n) is 10.8. The Hall–Kier alpha value is -1.10. The minimum atomic E-state index is 0.173. The fourth-order valence-electron chi connectivity index (χ4n) is 7.44. The van der Waals surface area contributed by atoms with Crippen LogP contribution < -0.4 is 10.6 Å². The Balaban J connectivity index is 2.06. The van der Waals surface area contributed by atoms with Crippen molar-refractivity contribution < 1.29 is 9.59 Å². The topological polar surface area (TPSA) is 61.4 Å². The van der Waals surface area contributed by atoms with Crippen molar-refractivity contribution in [3.63, 3.8) is 0 Å². The molecular formula is C43H85N3O2. The van der Waals surface area contributed by atoms with Crippen LogP contribution in [0.25, 0.3) is 0 Å². The summed E-state index contributed by atoms with van der Waals surface area (Å²) < 4.78 is 0. The smallest absolute Gasteiger partial charge is 0.221 e. The summed E-state index contributed by atoms with van der Waals surface area (Å²) in [5.41, 5.74) is 0. The minimum absolute atomic E-state index is 0.173. The lowest BCUT2D eigenvalue weighted by molar-refractivity contribution is -0.121. The summed E-state index contributed by atoms with van der Waals surface area (Å²) in [5, 5.41) is 6.33. The maximum Gasteiger partial charge on any atom is 0.221 e. The van der Waals surface area contributed by atoms with Crippen LogP contribution in [0, 0.1) is 5.92 Å². The van der Waals surface area contributed by atoms with Crippen molar-refractivity contribution >= 4 is 11.8 Å². The van der Waals surface area contributed by atoms with E-state index in [9.17, 15) is 9.59 Å². The van der Waals surface area contributed by atoms with E-state index in [1.54, 1.807) is 0 Å². The number of unbranched alkanes of at least 4 members (excludes halogenated alkanes) is 24. The second-order valence-corrected chi connectivity index (χ2v) is 15.5. The van der Waals surface area contributed by atoms with E-state index in [4.69, 9.17) is 0 Å². The molecule has 0 atom stereocenters. The molecular weight excluding hydrogens is 590 g/mol. The molecule has 2 N–H and O–H groups in total. The molecule has 0 aliphatic heterocycles. The number of amides is 2. The molecule has 0 heterocycles. The van der Waals surface area contributed by atoms with Gasteiger partial charge in [-0.2, -0.15) is 0 Å². The Morgan fingerprint density at radius 3 is 1.10 bits per heavy atom. The van der Waals surface area contributed by atoms with Gasteiger partial charge in [0.25, 0.3) is 0 Å². The van der Waals surface area contributed by atoms with E-state index in [1.165, 1.54) is 186 Å². The zero-order chi connectivity index (χ0) is 34.6. The van der Waals surface area contributed by atoms with Crippen LogP contribution in [0.1, 0.15) is 226 Å². The Bertz CT molecular complexity index is 646. The van der Waals surface area contributed by atoms with Gasteiger partial charge in [0.2, 0.25) is 11.8 Å². The molecule has 0 aromatic rings. The van der Waals surface area contributed by atoms with E-state index in [0.29, 0.717) is 12.8 Å². The fourth-order valence-corrected chi connectivity index (χ4v) is 7.44. The molecule has 48 heavy (non-hydrogen) atoms. The monoisotopic (exact) mass is 676 g/mol. The predicted molar refractivity (Wildman–Crippen MR) is 210 cm³/mol. The minimum Gasteiger partial charge on any atom is -0.356 e. The number of hydrogen-bond donors (Lipinski definition) is 2. The number of carbonyl (C=O) groups is 2. The molecule has 1 fully saturated rings. The average Bonchev–Trinajstić information content (AvgIpc) is 3.62. The average molecular weight is 676 g/mol. The molecule has 0 aromatic carbocycles. The van der Waals surface area contributed by atoms with Crippen molar-refractivity contribution in [1.82, 2.24) is 15.5 Å². The SMILES string of the molecule is CCCCCCCCCCCCCCCNC(=O)CCN(CCC(=O)NCCCCCCCCCCCCCCC)CCC1CCCC1. The van der Waals surface area contributed by atoms with Crippen molar-refractivity contribution in [3.8, 4) is 0 Å². The molecule has 1 aliphatic rings. The summed E-state index contributed by atoms with van der Waals surface area (Å²) >= 11 is 0. The standard InChI is InChI=1S/C43H85N3O2/c1-3-5-7-9-11-13-15-17-19-21-23-25-29-36-44-42(47)34-39-46(38-33-41-31-27-28-32-41)40-35-43(48)45-37-30-26-24-22-20-18-16-14-12-10-8-6-4-2/h41H,3-40H2,1-2H3,(H,44,47)(H,45,48). The predicted octanol–water partition coefficient (Wildman–Crippen LogP) is 12.1. The fraction of sp³-hybridized carbons (Fsp3) is 0.953. The second kappa shape index (κ2) is 35.7. The molecule has 0 saturated heterocycles. The van der Waals surface area contributed by atoms with Gasteiger partial charge in [0, 0.05) is 39.0 Å². The molecule has 284 valence electrons. The van der Waals surface area contributed by atoms with Crippen LogP contribution >= 0.6 is 0 Å². The van der Waals surface area contributed by atoms with Crippen LogP contribution in [-0.2, 0) is 9.59 Å². The summed E-state index contributed by atoms with van der Waals surface area (Å²) in [7, 11) is 0. The number of nitrogens with one attached hydrogen (secondary N) is 2. The molecule has 0 bridgehead atoms. The summed E-state index contributed by atoms with van der Waals surface area (Å²) in [6, 6.07) is 0. The highest BCUT2D eigenvalue weighted by atomic mass is 16.2. The van der Waals surface area contributed by atoms with Crippen LogP contribution in [0.2, 0.25) is 0 Å². The van der Waals surface area contributed by atoms with Crippen LogP contribution in [-0.4, -0.2) is 49.4 Å². The second-order valence-electron chi connectivity index (χ2n) is 15.5. The van der Waals surface area contributed by atoms with E-state index >= 15 is 0 Å².